The number of aryl methyl sites for hydroxylation is 3. The van der Waals surface area contributed by atoms with Crippen LogP contribution in [0.15, 0.2) is 12.4 Å². The molecule has 2 heterocycles. The summed E-state index contributed by atoms with van der Waals surface area (Å²) < 4.78 is 1.95. The number of nitrogens with one attached hydrogen (secondary N) is 1. The van der Waals surface area contributed by atoms with Crippen molar-refractivity contribution in [2.24, 2.45) is 7.05 Å². The van der Waals surface area contributed by atoms with E-state index in [1.807, 2.05) is 17.8 Å². The average molecular weight is 287 g/mol. The molecule has 5 nitrogen and oxygen atoms in total. The lowest BCUT2D eigenvalue weighted by Crippen LogP contribution is -2.17. The van der Waals surface area contributed by atoms with Gasteiger partial charge in [0, 0.05) is 30.8 Å². The minimum absolute atomic E-state index is 0.713. The zero-order valence-corrected chi connectivity index (χ0v) is 13.5. The average Bonchev–Trinajstić information content (AvgIpc) is 2.87. The van der Waals surface area contributed by atoms with Crippen LogP contribution in [-0.2, 0) is 13.5 Å². The topological polar surface area (TPSA) is 55.6 Å². The molecule has 0 radical (unpaired) electrons. The maximum absolute atomic E-state index is 4.64. The summed E-state index contributed by atoms with van der Waals surface area (Å²) in [6.45, 7) is 8.46. The second-order valence-corrected chi connectivity index (χ2v) is 5.41. The Hall–Kier alpha value is -1.75. The van der Waals surface area contributed by atoms with E-state index >= 15 is 0 Å². The first-order valence-electron chi connectivity index (χ1n) is 7.66. The SMILES string of the molecule is CCCNCCCc1c(C)nc(-c2nccn2C)nc1C. The van der Waals surface area contributed by atoms with E-state index in [0.29, 0.717) is 5.82 Å². The summed E-state index contributed by atoms with van der Waals surface area (Å²) >= 11 is 0. The van der Waals surface area contributed by atoms with Crippen molar-refractivity contribution in [1.82, 2.24) is 24.8 Å². The molecule has 0 aliphatic carbocycles. The number of hydrogen-bond acceptors (Lipinski definition) is 4. The molecule has 0 bridgehead atoms. The van der Waals surface area contributed by atoms with Crippen LogP contribution in [0, 0.1) is 13.8 Å². The van der Waals surface area contributed by atoms with Gasteiger partial charge >= 0.3 is 0 Å². The van der Waals surface area contributed by atoms with Crippen LogP contribution >= 0.6 is 0 Å². The maximum atomic E-state index is 4.64. The van der Waals surface area contributed by atoms with E-state index in [1.165, 1.54) is 12.0 Å². The predicted octanol–water partition coefficient (Wildman–Crippen LogP) is 2.43. The smallest absolute Gasteiger partial charge is 0.196 e. The third kappa shape index (κ3) is 3.88. The van der Waals surface area contributed by atoms with E-state index in [9.17, 15) is 0 Å². The van der Waals surface area contributed by atoms with Crippen molar-refractivity contribution in [2.45, 2.75) is 40.0 Å². The molecule has 0 aliphatic rings. The van der Waals surface area contributed by atoms with Gasteiger partial charge in [-0.05, 0) is 51.8 Å². The zero-order chi connectivity index (χ0) is 15.2. The number of imidazole rings is 1. The van der Waals surface area contributed by atoms with Crippen molar-refractivity contribution in [1.29, 1.82) is 0 Å². The third-order valence-electron chi connectivity index (χ3n) is 3.65. The van der Waals surface area contributed by atoms with E-state index in [0.717, 1.165) is 43.1 Å². The molecular formula is C16H25N5. The molecule has 0 spiro atoms. The van der Waals surface area contributed by atoms with Crippen LogP contribution in [0.2, 0.25) is 0 Å². The standard InChI is InChI=1S/C16H25N5/c1-5-8-17-9-6-7-14-12(2)19-15(20-13(14)3)16-18-10-11-21(16)4/h10-11,17H,5-9H2,1-4H3. The summed E-state index contributed by atoms with van der Waals surface area (Å²) in [5, 5.41) is 3.43. The second kappa shape index (κ2) is 7.31. The predicted molar refractivity (Wildman–Crippen MR) is 85.2 cm³/mol. The van der Waals surface area contributed by atoms with E-state index in [2.05, 4.69) is 41.0 Å². The lowest BCUT2D eigenvalue weighted by molar-refractivity contribution is 0.636. The molecule has 0 fully saturated rings. The second-order valence-electron chi connectivity index (χ2n) is 5.41. The van der Waals surface area contributed by atoms with E-state index in [1.54, 1.807) is 6.20 Å². The van der Waals surface area contributed by atoms with Gasteiger partial charge in [-0.3, -0.25) is 0 Å². The summed E-state index contributed by atoms with van der Waals surface area (Å²) in [6, 6.07) is 0. The number of aromatic nitrogens is 4. The maximum Gasteiger partial charge on any atom is 0.196 e. The monoisotopic (exact) mass is 287 g/mol. The van der Waals surface area contributed by atoms with Gasteiger partial charge < -0.3 is 9.88 Å². The molecule has 5 heteroatoms. The van der Waals surface area contributed by atoms with Gasteiger partial charge in [0.15, 0.2) is 11.6 Å². The third-order valence-corrected chi connectivity index (χ3v) is 3.65. The molecule has 0 saturated heterocycles. The molecule has 1 N–H and O–H groups in total. The largest absolute Gasteiger partial charge is 0.331 e. The van der Waals surface area contributed by atoms with Crippen molar-refractivity contribution < 1.29 is 0 Å². The van der Waals surface area contributed by atoms with Gasteiger partial charge in [-0.15, -0.1) is 0 Å². The summed E-state index contributed by atoms with van der Waals surface area (Å²) in [5.74, 6) is 1.53. The highest BCUT2D eigenvalue weighted by atomic mass is 15.1. The van der Waals surface area contributed by atoms with Crippen LogP contribution in [0.25, 0.3) is 11.6 Å². The van der Waals surface area contributed by atoms with Crippen molar-refractivity contribution in [3.05, 3.63) is 29.3 Å². The molecule has 0 atom stereocenters. The highest BCUT2D eigenvalue weighted by Gasteiger charge is 2.12. The van der Waals surface area contributed by atoms with Crippen molar-refractivity contribution >= 4 is 0 Å². The fourth-order valence-electron chi connectivity index (χ4n) is 2.47. The fourth-order valence-corrected chi connectivity index (χ4v) is 2.47. The molecule has 21 heavy (non-hydrogen) atoms. The number of nitrogens with zero attached hydrogens (tertiary/aromatic N) is 4. The Morgan fingerprint density at radius 3 is 2.43 bits per heavy atom. The molecule has 2 rings (SSSR count). The zero-order valence-electron chi connectivity index (χ0n) is 13.5. The van der Waals surface area contributed by atoms with Crippen LogP contribution in [0.3, 0.4) is 0 Å². The van der Waals surface area contributed by atoms with Gasteiger partial charge in [-0.2, -0.15) is 0 Å². The highest BCUT2D eigenvalue weighted by molar-refractivity contribution is 5.46. The minimum atomic E-state index is 0.713. The minimum Gasteiger partial charge on any atom is -0.331 e. The molecular weight excluding hydrogens is 262 g/mol. The van der Waals surface area contributed by atoms with Gasteiger partial charge in [0.1, 0.15) is 0 Å². The summed E-state index contributed by atoms with van der Waals surface area (Å²) in [4.78, 5) is 13.6. The summed E-state index contributed by atoms with van der Waals surface area (Å²) in [7, 11) is 1.96. The fraction of sp³-hybridized carbons (Fsp3) is 0.562. The molecule has 0 aromatic carbocycles. The Labute approximate surface area is 126 Å². The Balaban J connectivity index is 2.09. The quantitative estimate of drug-likeness (QED) is 0.795. The first-order valence-corrected chi connectivity index (χ1v) is 7.66. The number of hydrogen-bond donors (Lipinski definition) is 1. The Morgan fingerprint density at radius 1 is 1.14 bits per heavy atom. The molecule has 0 aliphatic heterocycles. The summed E-state index contributed by atoms with van der Waals surface area (Å²) in [6.07, 6.45) is 7.01. The van der Waals surface area contributed by atoms with Gasteiger partial charge in [-0.25, -0.2) is 15.0 Å². The van der Waals surface area contributed by atoms with Gasteiger partial charge in [-0.1, -0.05) is 6.92 Å². The lowest BCUT2D eigenvalue weighted by Gasteiger charge is -2.11. The Morgan fingerprint density at radius 2 is 1.86 bits per heavy atom. The van der Waals surface area contributed by atoms with Gasteiger partial charge in [0.2, 0.25) is 0 Å². The highest BCUT2D eigenvalue weighted by Crippen LogP contribution is 2.18. The number of rotatable bonds is 7. The van der Waals surface area contributed by atoms with Gasteiger partial charge in [0.05, 0.1) is 0 Å². The molecule has 0 saturated carbocycles. The van der Waals surface area contributed by atoms with Crippen LogP contribution < -0.4 is 5.32 Å². The van der Waals surface area contributed by atoms with Crippen LogP contribution in [0.5, 0.6) is 0 Å². The molecule has 0 unspecified atom stereocenters. The van der Waals surface area contributed by atoms with Crippen molar-refractivity contribution in [2.75, 3.05) is 13.1 Å². The van der Waals surface area contributed by atoms with E-state index < -0.39 is 0 Å². The van der Waals surface area contributed by atoms with E-state index in [-0.39, 0.29) is 0 Å². The van der Waals surface area contributed by atoms with Crippen LogP contribution in [-0.4, -0.2) is 32.6 Å². The molecule has 114 valence electrons. The Bertz CT molecular complexity index is 565. The first kappa shape index (κ1) is 15.6. The molecule has 2 aromatic heterocycles. The van der Waals surface area contributed by atoms with Crippen molar-refractivity contribution in [3.8, 4) is 11.6 Å². The van der Waals surface area contributed by atoms with E-state index in [4.69, 9.17) is 0 Å². The normalized spacial score (nSPS) is 11.0. The molecule has 2 aromatic rings. The van der Waals surface area contributed by atoms with Crippen LogP contribution in [0.1, 0.15) is 36.7 Å². The lowest BCUT2D eigenvalue weighted by atomic mass is 10.1. The van der Waals surface area contributed by atoms with Crippen LogP contribution in [0.4, 0.5) is 0 Å². The van der Waals surface area contributed by atoms with Gasteiger partial charge in [0.25, 0.3) is 0 Å². The summed E-state index contributed by atoms with van der Waals surface area (Å²) in [5.41, 5.74) is 3.40. The first-order chi connectivity index (χ1) is 10.1. The molecule has 0 amide bonds. The van der Waals surface area contributed by atoms with Crippen molar-refractivity contribution in [3.63, 3.8) is 0 Å². The Kier molecular flexibility index (Phi) is 5.44.